The summed E-state index contributed by atoms with van der Waals surface area (Å²) in [5, 5.41) is 2.70. The lowest BCUT2D eigenvalue weighted by Crippen LogP contribution is -2.23. The molecule has 0 aliphatic heterocycles. The molecule has 226 valence electrons. The molecule has 2 aromatic heterocycles. The Hall–Kier alpha value is -5.77. The summed E-state index contributed by atoms with van der Waals surface area (Å²) in [4.78, 5) is 43.9. The molecule has 0 atom stereocenters. The number of carbonyl (C=O) groups excluding carboxylic acids is 2. The van der Waals surface area contributed by atoms with E-state index in [0.29, 0.717) is 0 Å². The Bertz CT molecular complexity index is 2430. The van der Waals surface area contributed by atoms with Crippen molar-refractivity contribution in [3.05, 3.63) is 166 Å². The normalized spacial score (nSPS) is 12.0. The van der Waals surface area contributed by atoms with Crippen LogP contribution in [0.15, 0.2) is 137 Å². The monoisotopic (exact) mass is 626 g/mol. The summed E-state index contributed by atoms with van der Waals surface area (Å²) >= 11 is 0. The molecule has 0 saturated carbocycles. The first-order valence-electron chi connectivity index (χ1n) is 14.2. The highest BCUT2D eigenvalue weighted by Crippen LogP contribution is 2.31. The molecule has 1 aliphatic rings. The number of nitrogens with zero attached hydrogens (tertiary/aromatic N) is 1. The maximum Gasteiger partial charge on any atom is 0.295 e. The second kappa shape index (κ2) is 12.3. The highest BCUT2D eigenvalue weighted by atomic mass is 32.2. The molecule has 2 N–H and O–H groups in total. The minimum absolute atomic E-state index is 0.0103. The van der Waals surface area contributed by atoms with Gasteiger partial charge in [-0.3, -0.25) is 23.9 Å². The number of ketones is 2. The fraction of sp³-hybridized carbons (Fsp3) is 0.0270. The smallest absolute Gasteiger partial charge is 0.295 e. The third kappa shape index (κ3) is 5.84. The van der Waals surface area contributed by atoms with Crippen LogP contribution in [0.25, 0.3) is 32.7 Å². The van der Waals surface area contributed by atoms with Crippen LogP contribution < -0.4 is 5.43 Å². The van der Waals surface area contributed by atoms with Gasteiger partial charge in [-0.1, -0.05) is 84.9 Å². The summed E-state index contributed by atoms with van der Waals surface area (Å²) < 4.78 is 31.9. The number of aromatic amines is 1. The number of hydrogen-bond acceptors (Lipinski definition) is 6. The van der Waals surface area contributed by atoms with Crippen molar-refractivity contribution in [2.24, 2.45) is 0 Å². The van der Waals surface area contributed by atoms with Gasteiger partial charge in [-0.25, -0.2) is 0 Å². The van der Waals surface area contributed by atoms with Crippen molar-refractivity contribution in [3.63, 3.8) is 0 Å². The predicted molar refractivity (Wildman–Crippen MR) is 178 cm³/mol. The number of aromatic nitrogens is 2. The van der Waals surface area contributed by atoms with Crippen molar-refractivity contribution >= 4 is 54.4 Å². The Balaban J connectivity index is 0.000000127. The number of aryl methyl sites for hydroxylation is 1. The third-order valence-electron chi connectivity index (χ3n) is 7.54. The van der Waals surface area contributed by atoms with E-state index in [9.17, 15) is 27.4 Å². The third-order valence-corrected chi connectivity index (χ3v) is 8.44. The van der Waals surface area contributed by atoms with Gasteiger partial charge in [0.15, 0.2) is 17.0 Å². The topological polar surface area (TPSA) is 134 Å². The van der Waals surface area contributed by atoms with Crippen molar-refractivity contribution in [2.45, 2.75) is 11.8 Å². The maximum atomic E-state index is 12.4. The number of H-pyrrole nitrogens is 1. The number of benzene rings is 5. The Labute approximate surface area is 263 Å². The Morgan fingerprint density at radius 2 is 1.13 bits per heavy atom. The van der Waals surface area contributed by atoms with Crippen LogP contribution in [-0.2, 0) is 10.1 Å². The summed E-state index contributed by atoms with van der Waals surface area (Å²) in [5.41, 5.74) is 4.12. The summed E-state index contributed by atoms with van der Waals surface area (Å²) in [7, 11) is -4.58. The van der Waals surface area contributed by atoms with Crippen molar-refractivity contribution in [3.8, 4) is 0 Å². The zero-order valence-corrected chi connectivity index (χ0v) is 25.3. The minimum atomic E-state index is -4.58. The first kappa shape index (κ1) is 30.3. The molecule has 0 unspecified atom stereocenters. The van der Waals surface area contributed by atoms with E-state index >= 15 is 0 Å². The number of rotatable bonds is 1. The van der Waals surface area contributed by atoms with Gasteiger partial charge < -0.3 is 4.98 Å². The van der Waals surface area contributed by atoms with Gasteiger partial charge in [-0.2, -0.15) is 8.42 Å². The quantitative estimate of drug-likeness (QED) is 0.149. The summed E-state index contributed by atoms with van der Waals surface area (Å²) in [6.45, 7) is 2.01. The molecule has 0 spiro atoms. The van der Waals surface area contributed by atoms with E-state index in [1.807, 2.05) is 79.7 Å². The maximum absolute atomic E-state index is 12.4. The lowest BCUT2D eigenvalue weighted by atomic mass is 9.84. The SMILES string of the molecule is Cc1ccc2ccccc2n1.O=C1c2ccccc2C(=O)c2c1cccc2S(=O)(=O)O.O=c1c2ccccc2[nH]c2ccccc12. The first-order chi connectivity index (χ1) is 22.1. The van der Waals surface area contributed by atoms with Gasteiger partial charge in [0.1, 0.15) is 4.90 Å². The first-order valence-corrected chi connectivity index (χ1v) is 15.7. The fourth-order valence-corrected chi connectivity index (χ4v) is 6.08. The van der Waals surface area contributed by atoms with E-state index in [0.717, 1.165) is 39.1 Å². The van der Waals surface area contributed by atoms with Gasteiger partial charge in [0, 0.05) is 49.6 Å². The van der Waals surface area contributed by atoms with Gasteiger partial charge in [0.25, 0.3) is 10.1 Å². The van der Waals surface area contributed by atoms with Crippen LogP contribution in [0.1, 0.15) is 37.5 Å². The van der Waals surface area contributed by atoms with Crippen LogP contribution >= 0.6 is 0 Å². The van der Waals surface area contributed by atoms with Crippen LogP contribution in [0.3, 0.4) is 0 Å². The molecule has 0 radical (unpaired) electrons. The van der Waals surface area contributed by atoms with Gasteiger partial charge in [-0.15, -0.1) is 0 Å². The molecule has 8 rings (SSSR count). The largest absolute Gasteiger partial charge is 0.354 e. The van der Waals surface area contributed by atoms with E-state index < -0.39 is 26.6 Å². The molecular formula is C37H26N2O6S. The number of para-hydroxylation sites is 3. The number of hydrogen-bond donors (Lipinski definition) is 2. The highest BCUT2D eigenvalue weighted by molar-refractivity contribution is 7.86. The van der Waals surface area contributed by atoms with Crippen molar-refractivity contribution < 1.29 is 22.6 Å². The van der Waals surface area contributed by atoms with E-state index in [4.69, 9.17) is 0 Å². The Morgan fingerprint density at radius 3 is 1.78 bits per heavy atom. The molecule has 0 bridgehead atoms. The molecule has 7 aromatic rings. The van der Waals surface area contributed by atoms with Gasteiger partial charge in [-0.05, 0) is 49.4 Å². The van der Waals surface area contributed by atoms with Crippen molar-refractivity contribution in [1.82, 2.24) is 9.97 Å². The Morgan fingerprint density at radius 1 is 0.587 bits per heavy atom. The minimum Gasteiger partial charge on any atom is -0.354 e. The molecule has 1 aliphatic carbocycles. The number of carbonyl (C=O) groups is 2. The van der Waals surface area contributed by atoms with E-state index in [-0.39, 0.29) is 27.7 Å². The lowest BCUT2D eigenvalue weighted by molar-refractivity contribution is 0.0976. The van der Waals surface area contributed by atoms with Crippen LogP contribution in [0.5, 0.6) is 0 Å². The fourth-order valence-electron chi connectivity index (χ4n) is 5.37. The van der Waals surface area contributed by atoms with Gasteiger partial charge >= 0.3 is 0 Å². The second-order valence-electron chi connectivity index (χ2n) is 10.5. The van der Waals surface area contributed by atoms with E-state index in [2.05, 4.69) is 22.1 Å². The molecule has 0 fully saturated rings. The molecular weight excluding hydrogens is 600 g/mol. The van der Waals surface area contributed by atoms with Crippen LogP contribution in [0.4, 0.5) is 0 Å². The zero-order valence-electron chi connectivity index (χ0n) is 24.5. The predicted octanol–water partition coefficient (Wildman–Crippen LogP) is 6.93. The summed E-state index contributed by atoms with van der Waals surface area (Å²) in [6.07, 6.45) is 0. The van der Waals surface area contributed by atoms with Crippen molar-refractivity contribution in [2.75, 3.05) is 0 Å². The average Bonchev–Trinajstić information content (AvgIpc) is 3.07. The van der Waals surface area contributed by atoms with Crippen LogP contribution in [-0.4, -0.2) is 34.5 Å². The van der Waals surface area contributed by atoms with Crippen LogP contribution in [0.2, 0.25) is 0 Å². The Kier molecular flexibility index (Phi) is 8.10. The molecule has 2 heterocycles. The summed E-state index contributed by atoms with van der Waals surface area (Å²) in [6, 6.07) is 37.4. The number of nitrogens with one attached hydrogen (secondary N) is 1. The standard InChI is InChI=1S/C14H8O5S.C13H9NO.C10H9N/c15-13-8-4-1-2-5-9(8)14(16)12-10(13)6-3-7-11(12)20(17,18)19;15-13-9-5-1-3-7-11(9)14-12-8-4-2-6-10(12)13;1-8-6-7-9-4-2-3-5-10(9)11-8/h1-7H,(H,17,18,19);1-8H,(H,14,15);2-7H,1H3. The van der Waals surface area contributed by atoms with Crippen LogP contribution in [0, 0.1) is 6.92 Å². The van der Waals surface area contributed by atoms with E-state index in [1.165, 1.54) is 29.7 Å². The summed E-state index contributed by atoms with van der Waals surface area (Å²) in [5.74, 6) is -1.01. The lowest BCUT2D eigenvalue weighted by Gasteiger charge is -2.18. The zero-order chi connectivity index (χ0) is 32.4. The molecule has 0 saturated heterocycles. The van der Waals surface area contributed by atoms with Crippen molar-refractivity contribution in [1.29, 1.82) is 0 Å². The van der Waals surface area contributed by atoms with Gasteiger partial charge in [0.2, 0.25) is 0 Å². The molecule has 8 nitrogen and oxygen atoms in total. The number of fused-ring (bicyclic) bond motifs is 5. The molecule has 9 heteroatoms. The second-order valence-corrected chi connectivity index (χ2v) is 11.9. The molecule has 5 aromatic carbocycles. The highest BCUT2D eigenvalue weighted by Gasteiger charge is 2.34. The average molecular weight is 627 g/mol. The molecule has 0 amide bonds. The van der Waals surface area contributed by atoms with Gasteiger partial charge in [0.05, 0.1) is 11.1 Å². The number of pyridine rings is 2. The van der Waals surface area contributed by atoms with E-state index in [1.54, 1.807) is 12.1 Å². The molecule has 46 heavy (non-hydrogen) atoms.